The first-order chi connectivity index (χ1) is 15.2. The van der Waals surface area contributed by atoms with Gasteiger partial charge in [-0.3, -0.25) is 4.79 Å². The predicted octanol–water partition coefficient (Wildman–Crippen LogP) is 3.63. The molecule has 0 bridgehead atoms. The molecule has 2 aromatic carbocycles. The number of methoxy groups -OCH3 is 1. The molecule has 0 N–H and O–H groups in total. The summed E-state index contributed by atoms with van der Waals surface area (Å²) in [6.07, 6.45) is 2.07. The highest BCUT2D eigenvalue weighted by molar-refractivity contribution is 5.94. The number of ether oxygens (including phenoxy) is 1. The van der Waals surface area contributed by atoms with E-state index in [0.29, 0.717) is 17.9 Å². The lowest BCUT2D eigenvalue weighted by molar-refractivity contribution is 0.0657. The highest BCUT2D eigenvalue weighted by Crippen LogP contribution is 2.33. The minimum atomic E-state index is -0.164. The average molecular weight is 413 g/mol. The molecule has 1 aliphatic rings. The molecular formula is C24H23N5O2. The van der Waals surface area contributed by atoms with Crippen molar-refractivity contribution in [1.82, 2.24) is 24.5 Å². The molecule has 1 amide bonds. The largest absolute Gasteiger partial charge is 0.497 e. The fourth-order valence-electron chi connectivity index (χ4n) is 4.22. The number of hydrogen-bond acceptors (Lipinski definition) is 4. The van der Waals surface area contributed by atoms with Crippen LogP contribution in [0.2, 0.25) is 0 Å². The van der Waals surface area contributed by atoms with Crippen molar-refractivity contribution in [3.8, 4) is 11.4 Å². The summed E-state index contributed by atoms with van der Waals surface area (Å²) in [4.78, 5) is 15.6. The van der Waals surface area contributed by atoms with Gasteiger partial charge in [-0.15, -0.1) is 5.10 Å². The van der Waals surface area contributed by atoms with Crippen molar-refractivity contribution in [2.75, 3.05) is 13.7 Å². The van der Waals surface area contributed by atoms with Crippen LogP contribution in [0.5, 0.6) is 5.75 Å². The van der Waals surface area contributed by atoms with Gasteiger partial charge in [-0.2, -0.15) is 0 Å². The lowest BCUT2D eigenvalue weighted by atomic mass is 9.99. The van der Waals surface area contributed by atoms with E-state index in [1.54, 1.807) is 11.8 Å². The Hall–Kier alpha value is -3.87. The van der Waals surface area contributed by atoms with E-state index in [1.807, 2.05) is 60.4 Å². The van der Waals surface area contributed by atoms with Crippen molar-refractivity contribution >= 4 is 5.91 Å². The number of benzene rings is 2. The van der Waals surface area contributed by atoms with E-state index in [0.717, 1.165) is 29.2 Å². The van der Waals surface area contributed by atoms with E-state index in [1.165, 1.54) is 0 Å². The topological polar surface area (TPSA) is 65.2 Å². The normalized spacial score (nSPS) is 15.5. The number of rotatable bonds is 4. The van der Waals surface area contributed by atoms with Crippen molar-refractivity contribution in [3.05, 3.63) is 95.6 Å². The second-order valence-corrected chi connectivity index (χ2v) is 7.57. The Morgan fingerprint density at radius 3 is 2.52 bits per heavy atom. The van der Waals surface area contributed by atoms with E-state index < -0.39 is 0 Å². The summed E-state index contributed by atoms with van der Waals surface area (Å²) >= 11 is 0. The monoisotopic (exact) mass is 413 g/mol. The van der Waals surface area contributed by atoms with Crippen LogP contribution in [0, 0.1) is 6.92 Å². The quantitative estimate of drug-likeness (QED) is 0.513. The standard InChI is InChI=1S/C24H23N5O2/c1-17-22(25-26-29(17)19-10-12-20(31-2)13-11-19)24(30)28-16-15-27-14-6-9-21(27)23(28)18-7-4-3-5-8-18/h3-14,23H,15-16H2,1-2H3. The lowest BCUT2D eigenvalue weighted by Gasteiger charge is -2.37. The molecule has 7 heteroatoms. The van der Waals surface area contributed by atoms with Gasteiger partial charge in [0.15, 0.2) is 5.69 Å². The van der Waals surface area contributed by atoms with Crippen molar-refractivity contribution in [2.24, 2.45) is 0 Å². The van der Waals surface area contributed by atoms with Crippen LogP contribution in [0.3, 0.4) is 0 Å². The van der Waals surface area contributed by atoms with Crippen LogP contribution in [0.25, 0.3) is 5.69 Å². The Labute approximate surface area is 180 Å². The minimum absolute atomic E-state index is 0.112. The van der Waals surface area contributed by atoms with Crippen LogP contribution in [0.4, 0.5) is 0 Å². The number of amides is 1. The molecule has 0 radical (unpaired) electrons. The molecule has 2 aromatic heterocycles. The molecule has 0 saturated carbocycles. The van der Waals surface area contributed by atoms with Crippen LogP contribution in [-0.2, 0) is 6.54 Å². The Balaban J connectivity index is 1.51. The lowest BCUT2D eigenvalue weighted by Crippen LogP contribution is -2.42. The van der Waals surface area contributed by atoms with Crippen molar-refractivity contribution in [1.29, 1.82) is 0 Å². The summed E-state index contributed by atoms with van der Waals surface area (Å²) in [7, 11) is 1.63. The Morgan fingerprint density at radius 2 is 1.77 bits per heavy atom. The fourth-order valence-corrected chi connectivity index (χ4v) is 4.22. The Kier molecular flexibility index (Phi) is 4.78. The third-order valence-corrected chi connectivity index (χ3v) is 5.83. The Bertz CT molecular complexity index is 1210. The molecule has 0 fully saturated rings. The summed E-state index contributed by atoms with van der Waals surface area (Å²) in [5.74, 6) is 0.651. The van der Waals surface area contributed by atoms with E-state index in [2.05, 4.69) is 39.3 Å². The molecule has 1 aliphatic heterocycles. The third kappa shape index (κ3) is 3.28. The summed E-state index contributed by atoms with van der Waals surface area (Å²) in [6, 6.07) is 21.6. The molecule has 0 saturated heterocycles. The van der Waals surface area contributed by atoms with Crippen LogP contribution in [0.15, 0.2) is 72.9 Å². The van der Waals surface area contributed by atoms with E-state index in [-0.39, 0.29) is 11.9 Å². The molecule has 1 atom stereocenters. The second-order valence-electron chi connectivity index (χ2n) is 7.57. The smallest absolute Gasteiger partial charge is 0.277 e. The molecule has 31 heavy (non-hydrogen) atoms. The number of aromatic nitrogens is 4. The summed E-state index contributed by atoms with van der Waals surface area (Å²) in [5, 5.41) is 8.53. The zero-order valence-corrected chi connectivity index (χ0v) is 17.5. The molecule has 4 aromatic rings. The first kappa shape index (κ1) is 19.1. The van der Waals surface area contributed by atoms with Crippen LogP contribution >= 0.6 is 0 Å². The number of hydrogen-bond donors (Lipinski definition) is 0. The highest BCUT2D eigenvalue weighted by atomic mass is 16.5. The van der Waals surface area contributed by atoms with E-state index >= 15 is 0 Å². The van der Waals surface area contributed by atoms with Gasteiger partial charge in [0.25, 0.3) is 5.91 Å². The van der Waals surface area contributed by atoms with Gasteiger partial charge in [-0.1, -0.05) is 35.5 Å². The first-order valence-electron chi connectivity index (χ1n) is 10.2. The first-order valence-corrected chi connectivity index (χ1v) is 10.2. The predicted molar refractivity (Wildman–Crippen MR) is 116 cm³/mol. The van der Waals surface area contributed by atoms with Gasteiger partial charge in [-0.05, 0) is 48.9 Å². The summed E-state index contributed by atoms with van der Waals surface area (Å²) in [6.45, 7) is 3.24. The fraction of sp³-hybridized carbons (Fsp3) is 0.208. The highest BCUT2D eigenvalue weighted by Gasteiger charge is 2.34. The van der Waals surface area contributed by atoms with Crippen molar-refractivity contribution in [3.63, 3.8) is 0 Å². The molecular weight excluding hydrogens is 390 g/mol. The van der Waals surface area contributed by atoms with Gasteiger partial charge < -0.3 is 14.2 Å². The molecule has 156 valence electrons. The zero-order valence-electron chi connectivity index (χ0n) is 17.5. The van der Waals surface area contributed by atoms with E-state index in [9.17, 15) is 4.79 Å². The maximum atomic E-state index is 13.7. The van der Waals surface area contributed by atoms with Gasteiger partial charge in [0.2, 0.25) is 0 Å². The Morgan fingerprint density at radius 1 is 1.00 bits per heavy atom. The molecule has 3 heterocycles. The maximum absolute atomic E-state index is 13.7. The van der Waals surface area contributed by atoms with Gasteiger partial charge >= 0.3 is 0 Å². The minimum Gasteiger partial charge on any atom is -0.497 e. The summed E-state index contributed by atoms with van der Waals surface area (Å²) in [5.41, 5.74) is 4.10. The maximum Gasteiger partial charge on any atom is 0.277 e. The second kappa shape index (κ2) is 7.75. The number of nitrogens with zero attached hydrogens (tertiary/aromatic N) is 5. The zero-order chi connectivity index (χ0) is 21.4. The number of carbonyl (C=O) groups excluding carboxylic acids is 1. The SMILES string of the molecule is COc1ccc(-n2nnc(C(=O)N3CCn4cccc4C3c3ccccc3)c2C)cc1. The molecule has 1 unspecified atom stereocenters. The van der Waals surface area contributed by atoms with Crippen molar-refractivity contribution < 1.29 is 9.53 Å². The third-order valence-electron chi connectivity index (χ3n) is 5.83. The van der Waals surface area contributed by atoms with Gasteiger partial charge in [0.05, 0.1) is 24.5 Å². The number of fused-ring (bicyclic) bond motifs is 1. The van der Waals surface area contributed by atoms with E-state index in [4.69, 9.17) is 4.74 Å². The summed E-state index contributed by atoms with van der Waals surface area (Å²) < 4.78 is 9.13. The average Bonchev–Trinajstić information content (AvgIpc) is 3.45. The van der Waals surface area contributed by atoms with Crippen molar-refractivity contribution in [2.45, 2.75) is 19.5 Å². The van der Waals surface area contributed by atoms with Crippen LogP contribution in [0.1, 0.15) is 33.5 Å². The molecule has 0 spiro atoms. The van der Waals surface area contributed by atoms with Crippen LogP contribution in [-0.4, -0.2) is 44.0 Å². The molecule has 7 nitrogen and oxygen atoms in total. The molecule has 5 rings (SSSR count). The number of carbonyl (C=O) groups is 1. The van der Waals surface area contributed by atoms with Gasteiger partial charge in [-0.25, -0.2) is 4.68 Å². The van der Waals surface area contributed by atoms with Gasteiger partial charge in [0, 0.05) is 25.0 Å². The van der Waals surface area contributed by atoms with Gasteiger partial charge in [0.1, 0.15) is 5.75 Å². The van der Waals surface area contributed by atoms with Crippen LogP contribution < -0.4 is 4.74 Å². The molecule has 0 aliphatic carbocycles.